The number of carboxylic acid groups (broad SMARTS) is 1. The first-order valence-electron chi connectivity index (χ1n) is 4.73. The van der Waals surface area contributed by atoms with Crippen LogP contribution in [0.2, 0.25) is 5.02 Å². The minimum Gasteiger partial charge on any atom is -0.481 e. The molecule has 0 saturated heterocycles. The maximum atomic E-state index is 10.4. The number of carbonyl (C=O) groups is 1. The molecule has 5 nitrogen and oxygen atoms in total. The largest absolute Gasteiger partial charge is 0.481 e. The molecule has 2 atom stereocenters. The molecule has 2 unspecified atom stereocenters. The van der Waals surface area contributed by atoms with Crippen LogP contribution in [0.15, 0.2) is 18.2 Å². The predicted molar refractivity (Wildman–Crippen MR) is 59.4 cm³/mol. The molecule has 0 fully saturated rings. The van der Waals surface area contributed by atoms with Crippen molar-refractivity contribution in [2.75, 3.05) is 0 Å². The normalized spacial score (nSPS) is 13.8. The molecule has 0 heterocycles. The summed E-state index contributed by atoms with van der Waals surface area (Å²) in [5.74, 6) is -1.24. The summed E-state index contributed by atoms with van der Waals surface area (Å²) in [6.07, 6.45) is -3.56. The van der Waals surface area contributed by atoms with E-state index in [0.717, 1.165) is 0 Å². The Morgan fingerprint density at radius 1 is 1.47 bits per heavy atom. The maximum Gasteiger partial charge on any atom is 0.306 e. The van der Waals surface area contributed by atoms with Crippen LogP contribution in [0.5, 0.6) is 0 Å². The number of rotatable bonds is 4. The highest BCUT2D eigenvalue weighted by Gasteiger charge is 2.23. The Bertz CT molecular complexity index is 469. The molecule has 1 aromatic carbocycles. The van der Waals surface area contributed by atoms with E-state index in [1.54, 1.807) is 0 Å². The molecule has 3 N–H and O–H groups in total. The van der Waals surface area contributed by atoms with Gasteiger partial charge < -0.3 is 15.3 Å². The van der Waals surface area contributed by atoms with E-state index in [9.17, 15) is 15.0 Å². The van der Waals surface area contributed by atoms with Crippen molar-refractivity contribution in [2.45, 2.75) is 18.6 Å². The number of carboxylic acids is 1. The zero-order valence-corrected chi connectivity index (χ0v) is 9.42. The number of hydrogen-bond acceptors (Lipinski definition) is 4. The van der Waals surface area contributed by atoms with Gasteiger partial charge in [-0.15, -0.1) is 0 Å². The second-order valence-electron chi connectivity index (χ2n) is 3.45. The van der Waals surface area contributed by atoms with Gasteiger partial charge in [-0.25, -0.2) is 0 Å². The van der Waals surface area contributed by atoms with Crippen molar-refractivity contribution in [1.29, 1.82) is 5.26 Å². The Balaban J connectivity index is 3.02. The molecular weight excluding hydrogens is 246 g/mol. The molecule has 90 valence electrons. The van der Waals surface area contributed by atoms with E-state index in [1.165, 1.54) is 18.2 Å². The molecule has 0 radical (unpaired) electrons. The molecule has 6 heteroatoms. The number of aliphatic carboxylic acids is 1. The van der Waals surface area contributed by atoms with Crippen molar-refractivity contribution < 1.29 is 20.1 Å². The smallest absolute Gasteiger partial charge is 0.306 e. The Kier molecular flexibility index (Phi) is 4.46. The number of nitriles is 1. The quantitative estimate of drug-likeness (QED) is 0.747. The van der Waals surface area contributed by atoms with E-state index in [1.807, 2.05) is 6.07 Å². The SMILES string of the molecule is N#Cc1ccc(Cl)cc1C(O)C(O)CC(=O)O. The van der Waals surface area contributed by atoms with Gasteiger partial charge in [-0.1, -0.05) is 11.6 Å². The van der Waals surface area contributed by atoms with Gasteiger partial charge >= 0.3 is 5.97 Å². The lowest BCUT2D eigenvalue weighted by Gasteiger charge is -2.17. The number of aliphatic hydroxyl groups excluding tert-OH is 2. The Morgan fingerprint density at radius 2 is 2.12 bits per heavy atom. The molecule has 0 aliphatic carbocycles. The van der Waals surface area contributed by atoms with Gasteiger partial charge in [0.15, 0.2) is 0 Å². The summed E-state index contributed by atoms with van der Waals surface area (Å²) in [5, 5.41) is 36.8. The second-order valence-corrected chi connectivity index (χ2v) is 3.89. The van der Waals surface area contributed by atoms with Crippen LogP contribution in [-0.4, -0.2) is 27.4 Å². The zero-order chi connectivity index (χ0) is 13.0. The van der Waals surface area contributed by atoms with Crippen LogP contribution in [0.1, 0.15) is 23.7 Å². The average Bonchev–Trinajstić information content (AvgIpc) is 2.27. The van der Waals surface area contributed by atoms with Crippen LogP contribution in [0.3, 0.4) is 0 Å². The minimum absolute atomic E-state index is 0.119. The standard InChI is InChI=1S/C11H10ClNO4/c12-7-2-1-6(5-13)8(3-7)11(17)9(14)4-10(15)16/h1-3,9,11,14,17H,4H2,(H,15,16). The summed E-state index contributed by atoms with van der Waals surface area (Å²) < 4.78 is 0. The molecular formula is C11H10ClNO4. The molecule has 17 heavy (non-hydrogen) atoms. The second kappa shape index (κ2) is 5.64. The van der Waals surface area contributed by atoms with Crippen LogP contribution in [0, 0.1) is 11.3 Å². The third kappa shape index (κ3) is 3.43. The third-order valence-corrected chi connectivity index (χ3v) is 2.44. The molecule has 0 aromatic heterocycles. The Hall–Kier alpha value is -1.61. The predicted octanol–water partition coefficient (Wildman–Crippen LogP) is 1.08. The summed E-state index contributed by atoms with van der Waals surface area (Å²) in [5.41, 5.74) is 0.264. The minimum atomic E-state index is -1.49. The third-order valence-electron chi connectivity index (χ3n) is 2.20. The van der Waals surface area contributed by atoms with Crippen molar-refractivity contribution in [3.05, 3.63) is 34.3 Å². The molecule has 1 aromatic rings. The van der Waals surface area contributed by atoms with Gasteiger partial charge in [0.25, 0.3) is 0 Å². The van der Waals surface area contributed by atoms with Gasteiger partial charge in [0, 0.05) is 10.6 Å². The van der Waals surface area contributed by atoms with Crippen molar-refractivity contribution in [3.8, 4) is 6.07 Å². The van der Waals surface area contributed by atoms with E-state index < -0.39 is 24.6 Å². The molecule has 0 saturated carbocycles. The lowest BCUT2D eigenvalue weighted by molar-refractivity contribution is -0.141. The van der Waals surface area contributed by atoms with Gasteiger partial charge in [0.05, 0.1) is 24.2 Å². The lowest BCUT2D eigenvalue weighted by atomic mass is 9.98. The van der Waals surface area contributed by atoms with E-state index in [2.05, 4.69) is 0 Å². The van der Waals surface area contributed by atoms with Gasteiger partial charge in [0.2, 0.25) is 0 Å². The summed E-state index contributed by atoms with van der Waals surface area (Å²) in [6, 6.07) is 6.03. The first-order valence-corrected chi connectivity index (χ1v) is 5.11. The van der Waals surface area contributed by atoms with Gasteiger partial charge in [-0.2, -0.15) is 5.26 Å². The molecule has 0 amide bonds. The maximum absolute atomic E-state index is 10.4. The molecule has 0 aliphatic heterocycles. The summed E-state index contributed by atoms with van der Waals surface area (Å²) in [6.45, 7) is 0. The monoisotopic (exact) mass is 255 g/mol. The van der Waals surface area contributed by atoms with E-state index in [-0.39, 0.29) is 11.1 Å². The lowest BCUT2D eigenvalue weighted by Crippen LogP contribution is -2.22. The fourth-order valence-electron chi connectivity index (χ4n) is 1.38. The Morgan fingerprint density at radius 3 is 2.65 bits per heavy atom. The van der Waals surface area contributed by atoms with Crippen molar-refractivity contribution >= 4 is 17.6 Å². The first kappa shape index (κ1) is 13.5. The van der Waals surface area contributed by atoms with Crippen LogP contribution < -0.4 is 0 Å². The average molecular weight is 256 g/mol. The fourth-order valence-corrected chi connectivity index (χ4v) is 1.56. The van der Waals surface area contributed by atoms with Crippen LogP contribution in [0.4, 0.5) is 0 Å². The Labute approximate surface area is 102 Å². The van der Waals surface area contributed by atoms with Gasteiger partial charge in [0.1, 0.15) is 6.10 Å². The zero-order valence-electron chi connectivity index (χ0n) is 8.67. The van der Waals surface area contributed by atoms with Crippen LogP contribution in [-0.2, 0) is 4.79 Å². The molecule has 0 spiro atoms. The van der Waals surface area contributed by atoms with Gasteiger partial charge in [-0.3, -0.25) is 4.79 Å². The van der Waals surface area contributed by atoms with Crippen molar-refractivity contribution in [1.82, 2.24) is 0 Å². The topological polar surface area (TPSA) is 102 Å². The number of nitrogens with zero attached hydrogens (tertiary/aromatic N) is 1. The van der Waals surface area contributed by atoms with Crippen LogP contribution >= 0.6 is 11.6 Å². The van der Waals surface area contributed by atoms with E-state index in [0.29, 0.717) is 5.02 Å². The summed E-state index contributed by atoms with van der Waals surface area (Å²) in [7, 11) is 0. The first-order chi connectivity index (χ1) is 7.95. The van der Waals surface area contributed by atoms with Crippen molar-refractivity contribution in [3.63, 3.8) is 0 Å². The number of halogens is 1. The van der Waals surface area contributed by atoms with Gasteiger partial charge in [-0.05, 0) is 18.2 Å². The highest BCUT2D eigenvalue weighted by molar-refractivity contribution is 6.30. The fraction of sp³-hybridized carbons (Fsp3) is 0.273. The summed E-state index contributed by atoms with van der Waals surface area (Å²) >= 11 is 5.71. The van der Waals surface area contributed by atoms with E-state index >= 15 is 0 Å². The van der Waals surface area contributed by atoms with Crippen molar-refractivity contribution in [2.24, 2.45) is 0 Å². The number of aliphatic hydroxyl groups is 2. The highest BCUT2D eigenvalue weighted by atomic mass is 35.5. The summed E-state index contributed by atoms with van der Waals surface area (Å²) in [4.78, 5) is 10.4. The molecule has 0 bridgehead atoms. The number of hydrogen-bond donors (Lipinski definition) is 3. The molecule has 1 rings (SSSR count). The molecule has 0 aliphatic rings. The number of benzene rings is 1. The van der Waals surface area contributed by atoms with Crippen LogP contribution in [0.25, 0.3) is 0 Å². The van der Waals surface area contributed by atoms with E-state index in [4.69, 9.17) is 22.0 Å². The highest BCUT2D eigenvalue weighted by Crippen LogP contribution is 2.25.